The van der Waals surface area contributed by atoms with Crippen molar-refractivity contribution in [2.45, 2.75) is 6.92 Å². The molecule has 0 amide bonds. The Balaban J connectivity index is 2.20. The fourth-order valence-corrected chi connectivity index (χ4v) is 1.86. The number of nitrogens with zero attached hydrogens (tertiary/aromatic N) is 1. The van der Waals surface area contributed by atoms with Crippen LogP contribution in [0.5, 0.6) is 5.75 Å². The van der Waals surface area contributed by atoms with Crippen molar-refractivity contribution >= 4 is 22.0 Å². The molecule has 0 saturated carbocycles. The molecule has 0 saturated heterocycles. The van der Waals surface area contributed by atoms with E-state index >= 15 is 0 Å². The van der Waals surface area contributed by atoms with Gasteiger partial charge in [-0.15, -0.1) is 0 Å². The molecular weight excluding hydrogens is 326 g/mol. The molecule has 0 unspecified atom stereocenters. The van der Waals surface area contributed by atoms with Crippen LogP contribution in [0.2, 0.25) is 0 Å². The van der Waals surface area contributed by atoms with E-state index in [4.69, 9.17) is 9.15 Å². The summed E-state index contributed by atoms with van der Waals surface area (Å²) in [4.78, 5) is 9.99. The fraction of sp³-hybridized carbons (Fsp3) is 0.143. The van der Waals surface area contributed by atoms with Crippen molar-refractivity contribution in [1.82, 2.24) is 0 Å². The van der Waals surface area contributed by atoms with E-state index in [1.807, 2.05) is 31.2 Å². The van der Waals surface area contributed by atoms with Crippen molar-refractivity contribution in [1.29, 1.82) is 0 Å². The number of halogens is 1. The van der Waals surface area contributed by atoms with Crippen LogP contribution in [-0.2, 0) is 0 Å². The largest absolute Gasteiger partial charge is 0.494 e. The molecule has 0 fully saturated rings. The topological polar surface area (TPSA) is 65.5 Å². The summed E-state index contributed by atoms with van der Waals surface area (Å²) in [5, 5.41) is 10.5. The third-order valence-electron chi connectivity index (χ3n) is 2.51. The van der Waals surface area contributed by atoms with Crippen LogP contribution in [0.4, 0.5) is 0 Å². The van der Waals surface area contributed by atoms with Crippen molar-refractivity contribution in [2.75, 3.05) is 6.61 Å². The van der Waals surface area contributed by atoms with Gasteiger partial charge in [-0.05, 0) is 43.3 Å². The van der Waals surface area contributed by atoms with Gasteiger partial charge in [0.2, 0.25) is 0 Å². The Kier molecular flexibility index (Phi) is 4.57. The maximum Gasteiger partial charge on any atom is 0.314 e. The summed E-state index contributed by atoms with van der Waals surface area (Å²) in [5.74, 6) is 1.85. The van der Waals surface area contributed by atoms with Crippen LogP contribution >= 0.6 is 15.9 Å². The van der Waals surface area contributed by atoms with Crippen LogP contribution in [-0.4, -0.2) is 11.5 Å². The van der Waals surface area contributed by atoms with E-state index in [2.05, 4.69) is 15.9 Å². The van der Waals surface area contributed by atoms with Gasteiger partial charge >= 0.3 is 4.61 Å². The molecule has 2 rings (SSSR count). The minimum absolute atomic E-state index is 0.148. The Hall–Kier alpha value is -2.08. The predicted molar refractivity (Wildman–Crippen MR) is 79.2 cm³/mol. The molecule has 1 heterocycles. The SMILES string of the molecule is CCOc1ccc(-c2ccc(C=C(Br)[N+](=O)[O-])o2)cc1. The maximum atomic E-state index is 10.5. The normalized spacial score (nSPS) is 11.4. The third kappa shape index (κ3) is 3.48. The number of rotatable bonds is 5. The Bertz CT molecular complexity index is 631. The van der Waals surface area contributed by atoms with Crippen LogP contribution < -0.4 is 4.74 Å². The van der Waals surface area contributed by atoms with Gasteiger partial charge in [-0.3, -0.25) is 10.1 Å². The van der Waals surface area contributed by atoms with E-state index in [-0.39, 0.29) is 4.61 Å². The van der Waals surface area contributed by atoms with Crippen LogP contribution in [0.15, 0.2) is 45.4 Å². The van der Waals surface area contributed by atoms with E-state index in [0.29, 0.717) is 18.1 Å². The summed E-state index contributed by atoms with van der Waals surface area (Å²) in [6, 6.07) is 10.9. The number of furan rings is 1. The number of benzene rings is 1. The van der Waals surface area contributed by atoms with E-state index in [1.54, 1.807) is 12.1 Å². The molecule has 20 heavy (non-hydrogen) atoms. The first kappa shape index (κ1) is 14.3. The summed E-state index contributed by atoms with van der Waals surface area (Å²) >= 11 is 2.86. The van der Waals surface area contributed by atoms with Crippen LogP contribution in [0.3, 0.4) is 0 Å². The highest BCUT2D eigenvalue weighted by atomic mass is 79.9. The maximum absolute atomic E-state index is 10.5. The Labute approximate surface area is 124 Å². The molecule has 0 bridgehead atoms. The molecule has 0 radical (unpaired) electrons. The van der Waals surface area contributed by atoms with Crippen molar-refractivity contribution in [3.05, 3.63) is 56.9 Å². The van der Waals surface area contributed by atoms with E-state index in [9.17, 15) is 10.1 Å². The van der Waals surface area contributed by atoms with Gasteiger partial charge in [0.25, 0.3) is 0 Å². The summed E-state index contributed by atoms with van der Waals surface area (Å²) in [5.41, 5.74) is 0.880. The average Bonchev–Trinajstić information content (AvgIpc) is 2.88. The quantitative estimate of drug-likeness (QED) is 0.463. The van der Waals surface area contributed by atoms with E-state index < -0.39 is 4.92 Å². The molecule has 0 N–H and O–H groups in total. The lowest BCUT2D eigenvalue weighted by Crippen LogP contribution is -1.90. The Morgan fingerprint density at radius 1 is 1.35 bits per heavy atom. The van der Waals surface area contributed by atoms with E-state index in [1.165, 1.54) is 6.08 Å². The minimum atomic E-state index is -0.529. The van der Waals surface area contributed by atoms with Gasteiger partial charge in [-0.1, -0.05) is 0 Å². The van der Waals surface area contributed by atoms with Crippen LogP contribution in [0.1, 0.15) is 12.7 Å². The summed E-state index contributed by atoms with van der Waals surface area (Å²) in [6.07, 6.45) is 1.32. The van der Waals surface area contributed by atoms with Crippen molar-refractivity contribution < 1.29 is 14.1 Å². The molecule has 2 aromatic rings. The molecule has 6 heteroatoms. The van der Waals surface area contributed by atoms with E-state index in [0.717, 1.165) is 11.3 Å². The van der Waals surface area contributed by atoms with Gasteiger partial charge < -0.3 is 9.15 Å². The lowest BCUT2D eigenvalue weighted by Gasteiger charge is -2.03. The molecule has 1 aromatic carbocycles. The summed E-state index contributed by atoms with van der Waals surface area (Å²) in [7, 11) is 0. The first-order chi connectivity index (χ1) is 9.60. The molecule has 0 atom stereocenters. The lowest BCUT2D eigenvalue weighted by molar-refractivity contribution is -0.407. The molecule has 0 aliphatic heterocycles. The molecule has 104 valence electrons. The predicted octanol–water partition coefficient (Wildman–Crippen LogP) is 4.32. The Morgan fingerprint density at radius 3 is 2.65 bits per heavy atom. The van der Waals surface area contributed by atoms with Gasteiger partial charge in [0.05, 0.1) is 17.6 Å². The van der Waals surface area contributed by atoms with Gasteiger partial charge in [0, 0.05) is 21.5 Å². The molecule has 1 aromatic heterocycles. The highest BCUT2D eigenvalue weighted by molar-refractivity contribution is 9.11. The highest BCUT2D eigenvalue weighted by Gasteiger charge is 2.09. The van der Waals surface area contributed by atoms with Crippen molar-refractivity contribution in [2.24, 2.45) is 0 Å². The monoisotopic (exact) mass is 337 g/mol. The number of ether oxygens (including phenoxy) is 1. The van der Waals surface area contributed by atoms with Gasteiger partial charge in [-0.2, -0.15) is 0 Å². The third-order valence-corrected chi connectivity index (χ3v) is 3.03. The summed E-state index contributed by atoms with van der Waals surface area (Å²) < 4.78 is 10.8. The zero-order chi connectivity index (χ0) is 14.5. The molecule has 0 aliphatic carbocycles. The molecular formula is C14H12BrNO4. The number of hydrogen-bond donors (Lipinski definition) is 0. The van der Waals surface area contributed by atoms with Gasteiger partial charge in [0.15, 0.2) is 0 Å². The van der Waals surface area contributed by atoms with Crippen molar-refractivity contribution in [3.8, 4) is 17.1 Å². The molecule has 0 spiro atoms. The average molecular weight is 338 g/mol. The Morgan fingerprint density at radius 2 is 2.05 bits per heavy atom. The standard InChI is InChI=1S/C14H12BrNO4/c1-2-19-11-5-3-10(4-6-11)13-8-7-12(20-13)9-14(15)16(17)18/h3-9H,2H2,1H3. The van der Waals surface area contributed by atoms with Crippen molar-refractivity contribution in [3.63, 3.8) is 0 Å². The first-order valence-electron chi connectivity index (χ1n) is 5.95. The molecule has 0 aliphatic rings. The smallest absolute Gasteiger partial charge is 0.314 e. The van der Waals surface area contributed by atoms with Crippen LogP contribution in [0, 0.1) is 10.1 Å². The van der Waals surface area contributed by atoms with Gasteiger partial charge in [0.1, 0.15) is 17.3 Å². The molecule has 5 nitrogen and oxygen atoms in total. The second-order valence-electron chi connectivity index (χ2n) is 3.88. The number of nitro groups is 1. The van der Waals surface area contributed by atoms with Crippen LogP contribution in [0.25, 0.3) is 17.4 Å². The number of hydrogen-bond acceptors (Lipinski definition) is 4. The second kappa shape index (κ2) is 6.38. The summed E-state index contributed by atoms with van der Waals surface area (Å²) in [6.45, 7) is 2.54. The minimum Gasteiger partial charge on any atom is -0.494 e. The lowest BCUT2D eigenvalue weighted by atomic mass is 10.2. The zero-order valence-corrected chi connectivity index (χ0v) is 12.3. The van der Waals surface area contributed by atoms with Gasteiger partial charge in [-0.25, -0.2) is 0 Å². The second-order valence-corrected chi connectivity index (χ2v) is 4.70. The highest BCUT2D eigenvalue weighted by Crippen LogP contribution is 2.26. The fourth-order valence-electron chi connectivity index (χ4n) is 1.64. The first-order valence-corrected chi connectivity index (χ1v) is 6.74. The zero-order valence-electron chi connectivity index (χ0n) is 10.7.